The second kappa shape index (κ2) is 5.90. The van der Waals surface area contributed by atoms with Crippen molar-refractivity contribution in [2.24, 2.45) is 0 Å². The predicted molar refractivity (Wildman–Crippen MR) is 87.6 cm³/mol. The minimum absolute atomic E-state index is 0.583. The van der Waals surface area contributed by atoms with Crippen molar-refractivity contribution in [2.75, 3.05) is 17.2 Å². The van der Waals surface area contributed by atoms with Gasteiger partial charge in [0.15, 0.2) is 0 Å². The fourth-order valence-corrected chi connectivity index (χ4v) is 2.50. The maximum atomic E-state index is 6.27. The highest BCUT2D eigenvalue weighted by Crippen LogP contribution is 2.40. The van der Waals surface area contributed by atoms with E-state index in [-0.39, 0.29) is 0 Å². The molecule has 21 heavy (non-hydrogen) atoms. The number of anilines is 3. The lowest BCUT2D eigenvalue weighted by Gasteiger charge is -2.11. The Kier molecular flexibility index (Phi) is 3.97. The van der Waals surface area contributed by atoms with Gasteiger partial charge in [0, 0.05) is 18.5 Å². The molecule has 2 aromatic rings. The molecule has 1 aliphatic rings. The molecule has 0 aliphatic heterocycles. The van der Waals surface area contributed by atoms with Crippen LogP contribution >= 0.6 is 11.6 Å². The van der Waals surface area contributed by atoms with Gasteiger partial charge in [0.05, 0.1) is 16.4 Å². The average Bonchev–Trinajstić information content (AvgIpc) is 3.27. The van der Waals surface area contributed by atoms with E-state index in [2.05, 4.69) is 20.6 Å². The lowest BCUT2D eigenvalue weighted by atomic mass is 10.2. The molecule has 0 unspecified atom stereocenters. The molecule has 0 radical (unpaired) electrons. The molecule has 0 saturated heterocycles. The Bertz CT molecular complexity index is 653. The molecule has 1 saturated carbocycles. The molecule has 0 atom stereocenters. The Labute approximate surface area is 130 Å². The van der Waals surface area contributed by atoms with Crippen LogP contribution in [0, 0.1) is 6.92 Å². The van der Waals surface area contributed by atoms with Crippen LogP contribution in [0.4, 0.5) is 17.5 Å². The molecule has 1 aromatic carbocycles. The summed E-state index contributed by atoms with van der Waals surface area (Å²) < 4.78 is 0. The van der Waals surface area contributed by atoms with E-state index in [1.165, 1.54) is 12.8 Å². The van der Waals surface area contributed by atoms with Crippen molar-refractivity contribution < 1.29 is 0 Å². The molecule has 3 rings (SSSR count). The normalized spacial score (nSPS) is 14.0. The second-order valence-electron chi connectivity index (χ2n) is 5.41. The van der Waals surface area contributed by atoms with Crippen LogP contribution in [0.3, 0.4) is 0 Å². The molecule has 2 N–H and O–H groups in total. The number of aryl methyl sites for hydroxylation is 1. The van der Waals surface area contributed by atoms with Crippen LogP contribution in [0.15, 0.2) is 24.3 Å². The zero-order chi connectivity index (χ0) is 14.8. The summed E-state index contributed by atoms with van der Waals surface area (Å²) in [5.41, 5.74) is 3.11. The molecule has 4 nitrogen and oxygen atoms in total. The highest BCUT2D eigenvalue weighted by Gasteiger charge is 2.26. The summed E-state index contributed by atoms with van der Waals surface area (Å²) in [7, 11) is 0. The summed E-state index contributed by atoms with van der Waals surface area (Å²) in [5, 5.41) is 7.18. The lowest BCUT2D eigenvalue weighted by molar-refractivity contribution is 0.978. The first-order chi connectivity index (χ1) is 10.2. The average molecular weight is 303 g/mol. The first-order valence-corrected chi connectivity index (χ1v) is 7.69. The van der Waals surface area contributed by atoms with Crippen LogP contribution in [0.2, 0.25) is 5.02 Å². The zero-order valence-electron chi connectivity index (χ0n) is 12.3. The van der Waals surface area contributed by atoms with Crippen LogP contribution in [0.25, 0.3) is 0 Å². The molecule has 0 bridgehead atoms. The number of hydrogen-bond donors (Lipinski definition) is 2. The minimum atomic E-state index is 0.583. The van der Waals surface area contributed by atoms with Crippen molar-refractivity contribution in [2.45, 2.75) is 32.6 Å². The molecular weight excluding hydrogens is 284 g/mol. The number of nitrogens with zero attached hydrogens (tertiary/aromatic N) is 2. The smallest absolute Gasteiger partial charge is 0.224 e. The van der Waals surface area contributed by atoms with E-state index in [0.29, 0.717) is 16.9 Å². The standard InChI is InChI=1S/C16H19ClN4/c1-3-18-16-20-14(11-5-6-11)9-15(21-16)19-13-7-4-10(2)8-12(13)17/h4,7-9,11H,3,5-6H2,1-2H3,(H2,18,19,20,21). The molecule has 1 fully saturated rings. The first-order valence-electron chi connectivity index (χ1n) is 7.31. The predicted octanol–water partition coefficient (Wildman–Crippen LogP) is 4.49. The summed E-state index contributed by atoms with van der Waals surface area (Å²) in [5.74, 6) is 2.04. The third-order valence-electron chi connectivity index (χ3n) is 3.46. The molecule has 1 aliphatic carbocycles. The van der Waals surface area contributed by atoms with E-state index in [9.17, 15) is 0 Å². The summed E-state index contributed by atoms with van der Waals surface area (Å²) in [4.78, 5) is 9.07. The SMILES string of the molecule is CCNc1nc(Nc2ccc(C)cc2Cl)cc(C2CC2)n1. The fourth-order valence-electron chi connectivity index (χ4n) is 2.21. The maximum absolute atomic E-state index is 6.27. The van der Waals surface area contributed by atoms with Gasteiger partial charge in [0.2, 0.25) is 5.95 Å². The number of aromatic nitrogens is 2. The van der Waals surface area contributed by atoms with Gasteiger partial charge >= 0.3 is 0 Å². The Morgan fingerprint density at radius 2 is 2.05 bits per heavy atom. The monoisotopic (exact) mass is 302 g/mol. The summed E-state index contributed by atoms with van der Waals surface area (Å²) in [6, 6.07) is 7.97. The minimum Gasteiger partial charge on any atom is -0.354 e. The Balaban J connectivity index is 1.89. The molecule has 110 valence electrons. The topological polar surface area (TPSA) is 49.8 Å². The fraction of sp³-hybridized carbons (Fsp3) is 0.375. The van der Waals surface area contributed by atoms with E-state index >= 15 is 0 Å². The highest BCUT2D eigenvalue weighted by molar-refractivity contribution is 6.33. The van der Waals surface area contributed by atoms with Crippen molar-refractivity contribution in [1.29, 1.82) is 0 Å². The Morgan fingerprint density at radius 3 is 2.71 bits per heavy atom. The van der Waals surface area contributed by atoms with E-state index in [1.54, 1.807) is 0 Å². The number of nitrogens with one attached hydrogen (secondary N) is 2. The molecule has 0 amide bonds. The van der Waals surface area contributed by atoms with Crippen LogP contribution in [0.1, 0.15) is 36.9 Å². The van der Waals surface area contributed by atoms with Crippen LogP contribution in [-0.2, 0) is 0 Å². The van der Waals surface area contributed by atoms with Crippen LogP contribution in [0.5, 0.6) is 0 Å². The number of hydrogen-bond acceptors (Lipinski definition) is 4. The van der Waals surface area contributed by atoms with E-state index in [1.807, 2.05) is 38.1 Å². The van der Waals surface area contributed by atoms with Crippen molar-refractivity contribution in [3.05, 3.63) is 40.5 Å². The maximum Gasteiger partial charge on any atom is 0.224 e. The summed E-state index contributed by atoms with van der Waals surface area (Å²) in [6.45, 7) is 4.87. The number of benzene rings is 1. The molecule has 1 heterocycles. The number of rotatable bonds is 5. The van der Waals surface area contributed by atoms with Crippen molar-refractivity contribution in [3.63, 3.8) is 0 Å². The lowest BCUT2D eigenvalue weighted by Crippen LogP contribution is -2.06. The molecule has 0 spiro atoms. The van der Waals surface area contributed by atoms with Crippen molar-refractivity contribution in [3.8, 4) is 0 Å². The van der Waals surface area contributed by atoms with Crippen molar-refractivity contribution >= 4 is 29.1 Å². The molecule has 1 aromatic heterocycles. The van der Waals surface area contributed by atoms with Gasteiger partial charge < -0.3 is 10.6 Å². The highest BCUT2D eigenvalue weighted by atomic mass is 35.5. The largest absolute Gasteiger partial charge is 0.354 e. The van der Waals surface area contributed by atoms with Gasteiger partial charge in [-0.25, -0.2) is 4.98 Å². The van der Waals surface area contributed by atoms with Crippen molar-refractivity contribution in [1.82, 2.24) is 9.97 Å². The van der Waals surface area contributed by atoms with Gasteiger partial charge in [-0.05, 0) is 44.4 Å². The van der Waals surface area contributed by atoms with Gasteiger partial charge in [-0.1, -0.05) is 17.7 Å². The zero-order valence-corrected chi connectivity index (χ0v) is 13.0. The van der Waals surface area contributed by atoms with E-state index in [0.717, 1.165) is 29.3 Å². The second-order valence-corrected chi connectivity index (χ2v) is 5.82. The summed E-state index contributed by atoms with van der Waals surface area (Å²) in [6.07, 6.45) is 2.43. The van der Waals surface area contributed by atoms with E-state index < -0.39 is 0 Å². The Hall–Kier alpha value is -1.81. The molecular formula is C16H19ClN4. The van der Waals surface area contributed by atoms with Gasteiger partial charge in [-0.3, -0.25) is 0 Å². The van der Waals surface area contributed by atoms with E-state index in [4.69, 9.17) is 11.6 Å². The summed E-state index contributed by atoms with van der Waals surface area (Å²) >= 11 is 6.27. The first kappa shape index (κ1) is 14.1. The number of halogens is 1. The third-order valence-corrected chi connectivity index (χ3v) is 3.78. The Morgan fingerprint density at radius 1 is 1.24 bits per heavy atom. The molecule has 5 heteroatoms. The van der Waals surface area contributed by atoms with Crippen LogP contribution in [-0.4, -0.2) is 16.5 Å². The quantitative estimate of drug-likeness (QED) is 0.854. The van der Waals surface area contributed by atoms with Gasteiger partial charge in [0.25, 0.3) is 0 Å². The van der Waals surface area contributed by atoms with Gasteiger partial charge in [-0.2, -0.15) is 4.98 Å². The van der Waals surface area contributed by atoms with Gasteiger partial charge in [0.1, 0.15) is 5.82 Å². The third kappa shape index (κ3) is 3.45. The van der Waals surface area contributed by atoms with Crippen LogP contribution < -0.4 is 10.6 Å². The van der Waals surface area contributed by atoms with Gasteiger partial charge in [-0.15, -0.1) is 0 Å².